The second kappa shape index (κ2) is 4.95. The van der Waals surface area contributed by atoms with Crippen LogP contribution in [0.15, 0.2) is 53.3 Å². The number of hydrogen-bond acceptors (Lipinski definition) is 2. The molecule has 0 spiro atoms. The second-order valence-electron chi connectivity index (χ2n) is 5.38. The fourth-order valence-corrected chi connectivity index (χ4v) is 2.72. The second-order valence-corrected chi connectivity index (χ2v) is 5.38. The first kappa shape index (κ1) is 14.5. The Morgan fingerprint density at radius 1 is 0.958 bits per heavy atom. The van der Waals surface area contributed by atoms with E-state index >= 15 is 0 Å². The molecule has 0 bridgehead atoms. The molecule has 0 saturated carbocycles. The smallest absolute Gasteiger partial charge is 0.338 e. The van der Waals surface area contributed by atoms with Crippen molar-refractivity contribution in [2.24, 2.45) is 0 Å². The van der Waals surface area contributed by atoms with Crippen LogP contribution in [0, 0.1) is 0 Å². The maximum absolute atomic E-state index is 12.8. The Hall–Kier alpha value is -3.09. The van der Waals surface area contributed by atoms with Gasteiger partial charge in [0.2, 0.25) is 0 Å². The molecule has 0 fully saturated rings. The van der Waals surface area contributed by atoms with Crippen LogP contribution >= 0.6 is 0 Å². The Bertz CT molecular complexity index is 1080. The van der Waals surface area contributed by atoms with Gasteiger partial charge in [0, 0.05) is 11.3 Å². The molecule has 2 aliphatic rings. The van der Waals surface area contributed by atoms with E-state index < -0.39 is 11.7 Å². The number of aromatic nitrogens is 3. The van der Waals surface area contributed by atoms with Crippen LogP contribution in [0.3, 0.4) is 0 Å². The van der Waals surface area contributed by atoms with Gasteiger partial charge in [-0.25, -0.2) is 4.98 Å². The highest BCUT2D eigenvalue weighted by atomic mass is 19.4. The van der Waals surface area contributed by atoms with Crippen LogP contribution in [-0.4, -0.2) is 15.0 Å². The minimum atomic E-state index is -4.43. The first-order valence-corrected chi connectivity index (χ1v) is 7.12. The fraction of sp³-hybridized carbons (Fsp3) is 0.0588. The van der Waals surface area contributed by atoms with Gasteiger partial charge >= 0.3 is 6.18 Å². The summed E-state index contributed by atoms with van der Waals surface area (Å²) in [4.78, 5) is 22.1. The topological polar surface area (TPSA) is 61.5 Å². The average Bonchev–Trinajstić information content (AvgIpc) is 2.98. The molecule has 0 radical (unpaired) electrons. The van der Waals surface area contributed by atoms with Gasteiger partial charge in [0.15, 0.2) is 0 Å². The van der Waals surface area contributed by atoms with E-state index in [1.54, 1.807) is 24.3 Å². The highest BCUT2D eigenvalue weighted by Crippen LogP contribution is 2.33. The predicted molar refractivity (Wildman–Crippen MR) is 83.8 cm³/mol. The minimum absolute atomic E-state index is 0.230. The summed E-state index contributed by atoms with van der Waals surface area (Å²) >= 11 is 0. The van der Waals surface area contributed by atoms with E-state index in [0.717, 1.165) is 12.1 Å². The molecular formula is C17H10F3N3O. The van der Waals surface area contributed by atoms with Gasteiger partial charge in [-0.05, 0) is 24.3 Å². The van der Waals surface area contributed by atoms with Crippen molar-refractivity contribution in [3.05, 3.63) is 64.4 Å². The number of nitrogens with one attached hydrogen (secondary N) is 2. The summed E-state index contributed by atoms with van der Waals surface area (Å²) in [5.41, 5.74) is 1.09. The quantitative estimate of drug-likeness (QED) is 0.553. The van der Waals surface area contributed by atoms with Crippen molar-refractivity contribution in [2.45, 2.75) is 6.18 Å². The molecule has 1 aliphatic carbocycles. The van der Waals surface area contributed by atoms with Crippen LogP contribution in [0.4, 0.5) is 13.2 Å². The lowest BCUT2D eigenvalue weighted by Crippen LogP contribution is -2.04. The van der Waals surface area contributed by atoms with E-state index in [1.165, 1.54) is 6.07 Å². The normalized spacial score (nSPS) is 12.1. The monoisotopic (exact) mass is 329 g/mol. The van der Waals surface area contributed by atoms with Gasteiger partial charge in [-0.15, -0.1) is 0 Å². The molecule has 4 nitrogen and oxygen atoms in total. The van der Waals surface area contributed by atoms with Gasteiger partial charge in [-0.3, -0.25) is 4.79 Å². The van der Waals surface area contributed by atoms with Gasteiger partial charge in [0.05, 0.1) is 22.2 Å². The standard InChI is InChI=1S/C17H10F3N3O/c18-17(19,20)9-6-7-12-13(8-9)22-15(21-12)14-10-4-2-1-3-5-11(10)23-16(14)24/h1-8H,(H,21,22)(H,23,24). The van der Waals surface area contributed by atoms with Crippen LogP contribution < -0.4 is 5.56 Å². The van der Waals surface area contributed by atoms with Crippen LogP contribution in [0.25, 0.3) is 33.7 Å². The summed E-state index contributed by atoms with van der Waals surface area (Å²) in [6, 6.07) is 12.2. The third-order valence-corrected chi connectivity index (χ3v) is 3.83. The van der Waals surface area contributed by atoms with E-state index in [9.17, 15) is 18.0 Å². The molecule has 120 valence electrons. The van der Waals surface area contributed by atoms with Crippen molar-refractivity contribution >= 4 is 11.0 Å². The van der Waals surface area contributed by atoms with E-state index in [1.807, 2.05) is 6.07 Å². The van der Waals surface area contributed by atoms with E-state index in [2.05, 4.69) is 15.0 Å². The molecule has 2 heterocycles. The number of benzene rings is 1. The summed E-state index contributed by atoms with van der Waals surface area (Å²) < 4.78 is 38.5. The molecule has 7 heteroatoms. The lowest BCUT2D eigenvalue weighted by atomic mass is 10.1. The molecule has 4 rings (SSSR count). The van der Waals surface area contributed by atoms with Gasteiger partial charge in [0.1, 0.15) is 5.82 Å². The maximum atomic E-state index is 12.8. The summed E-state index contributed by atoms with van der Waals surface area (Å²) in [6.07, 6.45) is -4.43. The molecule has 1 aliphatic heterocycles. The number of rotatable bonds is 1. The number of fused-ring (bicyclic) bond motifs is 2. The van der Waals surface area contributed by atoms with Crippen molar-refractivity contribution in [1.82, 2.24) is 15.0 Å². The number of alkyl halides is 3. The first-order valence-electron chi connectivity index (χ1n) is 7.12. The van der Waals surface area contributed by atoms with E-state index in [-0.39, 0.29) is 16.9 Å². The van der Waals surface area contributed by atoms with Gasteiger partial charge in [0.25, 0.3) is 5.56 Å². The molecule has 0 atom stereocenters. The first-order chi connectivity index (χ1) is 11.4. The number of imidazole rings is 1. The third kappa shape index (κ3) is 2.25. The maximum Gasteiger partial charge on any atom is 0.416 e. The van der Waals surface area contributed by atoms with Crippen LogP contribution in [0.5, 0.6) is 0 Å². The summed E-state index contributed by atoms with van der Waals surface area (Å²) in [5.74, 6) is 0.242. The lowest BCUT2D eigenvalue weighted by Gasteiger charge is -2.05. The number of nitrogens with zero attached hydrogens (tertiary/aromatic N) is 1. The highest BCUT2D eigenvalue weighted by molar-refractivity contribution is 5.85. The Morgan fingerprint density at radius 2 is 1.75 bits per heavy atom. The van der Waals surface area contributed by atoms with Crippen LogP contribution in [0.1, 0.15) is 5.56 Å². The highest BCUT2D eigenvalue weighted by Gasteiger charge is 2.31. The van der Waals surface area contributed by atoms with Crippen molar-refractivity contribution < 1.29 is 13.2 Å². The van der Waals surface area contributed by atoms with E-state index in [0.29, 0.717) is 22.3 Å². The average molecular weight is 329 g/mol. The molecule has 24 heavy (non-hydrogen) atoms. The van der Waals surface area contributed by atoms with Crippen molar-refractivity contribution in [2.75, 3.05) is 0 Å². The molecule has 0 saturated heterocycles. The molecule has 1 aromatic carbocycles. The van der Waals surface area contributed by atoms with Crippen molar-refractivity contribution in [1.29, 1.82) is 0 Å². The predicted octanol–water partition coefficient (Wildman–Crippen LogP) is 4.04. The zero-order valence-corrected chi connectivity index (χ0v) is 12.1. The van der Waals surface area contributed by atoms with Gasteiger partial charge in [-0.2, -0.15) is 13.2 Å². The summed E-state index contributed by atoms with van der Waals surface area (Å²) in [5, 5.41) is 0. The largest absolute Gasteiger partial charge is 0.416 e. The van der Waals surface area contributed by atoms with Gasteiger partial charge in [-0.1, -0.05) is 24.3 Å². The van der Waals surface area contributed by atoms with Crippen LogP contribution in [0.2, 0.25) is 0 Å². The number of hydrogen-bond donors (Lipinski definition) is 2. The molecule has 0 amide bonds. The zero-order chi connectivity index (χ0) is 16.9. The van der Waals surface area contributed by atoms with E-state index in [4.69, 9.17) is 0 Å². The Morgan fingerprint density at radius 3 is 2.54 bits per heavy atom. The van der Waals surface area contributed by atoms with Crippen molar-refractivity contribution in [3.63, 3.8) is 0 Å². The van der Waals surface area contributed by atoms with Gasteiger partial charge < -0.3 is 9.97 Å². The number of aromatic amines is 2. The lowest BCUT2D eigenvalue weighted by molar-refractivity contribution is -0.137. The third-order valence-electron chi connectivity index (χ3n) is 3.83. The van der Waals surface area contributed by atoms with Crippen molar-refractivity contribution in [3.8, 4) is 22.6 Å². The molecule has 2 N–H and O–H groups in total. The molecule has 2 aromatic rings. The Labute approximate surface area is 133 Å². The summed E-state index contributed by atoms with van der Waals surface area (Å²) in [6.45, 7) is 0. The molecular weight excluding hydrogens is 319 g/mol. The zero-order valence-electron chi connectivity index (χ0n) is 12.1. The number of halogens is 3. The molecule has 0 unspecified atom stereocenters. The minimum Gasteiger partial charge on any atom is -0.338 e. The Kier molecular flexibility index (Phi) is 2.99. The number of H-pyrrole nitrogens is 2. The SMILES string of the molecule is O=c1[nH]c2cccccc-2c1-c1nc2ccc(C(F)(F)F)cc2[nH]1. The summed E-state index contributed by atoms with van der Waals surface area (Å²) in [7, 11) is 0. The fourth-order valence-electron chi connectivity index (χ4n) is 2.72. The van der Waals surface area contributed by atoms with Crippen LogP contribution in [-0.2, 0) is 6.18 Å². The Balaban J connectivity index is 1.93. The molecule has 1 aromatic heterocycles.